The standard InChI is InChI=1S/C18H29N5O2S/c1-12(2)20-17(24)15-14(19)16(26-21-15)18(25)23-10-8-22(9-11-23)13-6-4-3-5-7-13/h12-13H,3-11,19H2,1-2H3,(H,20,24). The lowest BCUT2D eigenvalue weighted by atomic mass is 9.94. The summed E-state index contributed by atoms with van der Waals surface area (Å²) in [5.74, 6) is -0.429. The average Bonchev–Trinajstić information content (AvgIpc) is 3.03. The van der Waals surface area contributed by atoms with E-state index in [1.807, 2.05) is 18.7 Å². The molecule has 8 heteroatoms. The van der Waals surface area contributed by atoms with E-state index in [1.165, 1.54) is 32.1 Å². The number of carbonyl (C=O) groups excluding carboxylic acids is 2. The Morgan fingerprint density at radius 3 is 2.42 bits per heavy atom. The normalized spacial score (nSPS) is 19.7. The van der Waals surface area contributed by atoms with Crippen LogP contribution in [0.2, 0.25) is 0 Å². The molecule has 3 rings (SSSR count). The molecule has 1 saturated carbocycles. The number of anilines is 1. The van der Waals surface area contributed by atoms with Gasteiger partial charge in [-0.2, -0.15) is 4.37 Å². The minimum atomic E-state index is -0.324. The molecule has 3 N–H and O–H groups in total. The molecule has 1 aromatic rings. The largest absolute Gasteiger partial charge is 0.395 e. The Labute approximate surface area is 159 Å². The molecule has 2 heterocycles. The summed E-state index contributed by atoms with van der Waals surface area (Å²) >= 11 is 1.02. The topological polar surface area (TPSA) is 91.6 Å². The van der Waals surface area contributed by atoms with Gasteiger partial charge in [0.15, 0.2) is 5.69 Å². The van der Waals surface area contributed by atoms with Gasteiger partial charge in [-0.1, -0.05) is 19.3 Å². The Balaban J connectivity index is 1.60. The van der Waals surface area contributed by atoms with Gasteiger partial charge >= 0.3 is 0 Å². The van der Waals surface area contributed by atoms with Crippen LogP contribution in [0, 0.1) is 0 Å². The van der Waals surface area contributed by atoms with E-state index in [0.29, 0.717) is 24.0 Å². The number of carbonyl (C=O) groups is 2. The fourth-order valence-corrected chi connectivity index (χ4v) is 4.59. The maximum atomic E-state index is 12.8. The van der Waals surface area contributed by atoms with Gasteiger partial charge in [0.2, 0.25) is 0 Å². The number of nitrogens with zero attached hydrogens (tertiary/aromatic N) is 3. The maximum Gasteiger partial charge on any atom is 0.273 e. The third kappa shape index (κ3) is 4.17. The maximum absolute atomic E-state index is 12.8. The van der Waals surface area contributed by atoms with Gasteiger partial charge < -0.3 is 16.0 Å². The number of hydrogen-bond donors (Lipinski definition) is 2. The van der Waals surface area contributed by atoms with Crippen molar-refractivity contribution >= 4 is 29.0 Å². The van der Waals surface area contributed by atoms with Crippen molar-refractivity contribution < 1.29 is 9.59 Å². The fraction of sp³-hybridized carbons (Fsp3) is 0.722. The van der Waals surface area contributed by atoms with Crippen molar-refractivity contribution in [3.05, 3.63) is 10.6 Å². The van der Waals surface area contributed by atoms with E-state index in [4.69, 9.17) is 5.73 Å². The summed E-state index contributed by atoms with van der Waals surface area (Å²) in [6.07, 6.45) is 6.56. The second-order valence-corrected chi connectivity index (χ2v) is 8.30. The first-order valence-corrected chi connectivity index (χ1v) is 10.3. The van der Waals surface area contributed by atoms with Gasteiger partial charge in [0, 0.05) is 38.3 Å². The molecule has 1 aliphatic heterocycles. The summed E-state index contributed by atoms with van der Waals surface area (Å²) in [7, 11) is 0. The van der Waals surface area contributed by atoms with Crippen molar-refractivity contribution in [1.82, 2.24) is 19.5 Å². The van der Waals surface area contributed by atoms with Crippen molar-refractivity contribution in [3.8, 4) is 0 Å². The third-order valence-electron chi connectivity index (χ3n) is 5.25. The number of amides is 2. The quantitative estimate of drug-likeness (QED) is 0.834. The number of rotatable bonds is 4. The van der Waals surface area contributed by atoms with Crippen LogP contribution in [0.3, 0.4) is 0 Å². The molecule has 2 amide bonds. The van der Waals surface area contributed by atoms with E-state index in [0.717, 1.165) is 24.6 Å². The van der Waals surface area contributed by atoms with Gasteiger partial charge in [0.25, 0.3) is 11.8 Å². The highest BCUT2D eigenvalue weighted by atomic mass is 32.1. The minimum absolute atomic E-state index is 0.00406. The van der Waals surface area contributed by atoms with E-state index >= 15 is 0 Å². The van der Waals surface area contributed by atoms with Crippen LogP contribution >= 0.6 is 11.5 Å². The second kappa shape index (κ2) is 8.35. The first-order chi connectivity index (χ1) is 12.5. The van der Waals surface area contributed by atoms with Gasteiger partial charge in [0.1, 0.15) is 4.88 Å². The molecule has 2 fully saturated rings. The first-order valence-electron chi connectivity index (χ1n) is 9.56. The molecule has 7 nitrogen and oxygen atoms in total. The van der Waals surface area contributed by atoms with Crippen LogP contribution in [-0.2, 0) is 0 Å². The van der Waals surface area contributed by atoms with Crippen LogP contribution in [0.15, 0.2) is 0 Å². The third-order valence-corrected chi connectivity index (χ3v) is 6.10. The van der Waals surface area contributed by atoms with Crippen molar-refractivity contribution in [1.29, 1.82) is 0 Å². The van der Waals surface area contributed by atoms with Crippen LogP contribution < -0.4 is 11.1 Å². The van der Waals surface area contributed by atoms with Gasteiger partial charge in [-0.25, -0.2) is 0 Å². The van der Waals surface area contributed by atoms with Gasteiger partial charge in [-0.05, 0) is 38.2 Å². The van der Waals surface area contributed by atoms with Gasteiger partial charge in [-0.3, -0.25) is 14.5 Å². The summed E-state index contributed by atoms with van der Waals surface area (Å²) < 4.78 is 4.12. The van der Waals surface area contributed by atoms with E-state index < -0.39 is 0 Å². The van der Waals surface area contributed by atoms with Crippen molar-refractivity contribution in [2.45, 2.75) is 58.0 Å². The molecule has 0 bridgehead atoms. The lowest BCUT2D eigenvalue weighted by Gasteiger charge is -2.40. The molecule has 144 valence electrons. The first kappa shape index (κ1) is 19.1. The monoisotopic (exact) mass is 379 g/mol. The molecule has 0 aromatic carbocycles. The van der Waals surface area contributed by atoms with Gasteiger partial charge in [0.05, 0.1) is 5.69 Å². The summed E-state index contributed by atoms with van der Waals surface area (Å²) in [6, 6.07) is 0.677. The van der Waals surface area contributed by atoms with Crippen LogP contribution in [0.1, 0.15) is 66.1 Å². The second-order valence-electron chi connectivity index (χ2n) is 7.52. The Kier molecular flexibility index (Phi) is 6.13. The molecular formula is C18H29N5O2S. The molecule has 1 aromatic heterocycles. The summed E-state index contributed by atoms with van der Waals surface area (Å²) in [5.41, 5.74) is 6.42. The zero-order valence-electron chi connectivity index (χ0n) is 15.7. The lowest BCUT2D eigenvalue weighted by molar-refractivity contribution is 0.0528. The van der Waals surface area contributed by atoms with Crippen LogP contribution in [-0.4, -0.2) is 64.3 Å². The molecule has 1 aliphatic carbocycles. The smallest absolute Gasteiger partial charge is 0.273 e. The molecule has 1 saturated heterocycles. The Morgan fingerprint density at radius 2 is 1.81 bits per heavy atom. The molecule has 0 unspecified atom stereocenters. The molecule has 26 heavy (non-hydrogen) atoms. The Morgan fingerprint density at radius 1 is 1.15 bits per heavy atom. The average molecular weight is 380 g/mol. The van der Waals surface area contributed by atoms with E-state index in [9.17, 15) is 9.59 Å². The zero-order chi connectivity index (χ0) is 18.7. The van der Waals surface area contributed by atoms with Crippen molar-refractivity contribution in [3.63, 3.8) is 0 Å². The minimum Gasteiger partial charge on any atom is -0.395 e. The summed E-state index contributed by atoms with van der Waals surface area (Å²) in [5, 5.41) is 2.77. The Hall–Kier alpha value is -1.67. The van der Waals surface area contributed by atoms with Crippen LogP contribution in [0.4, 0.5) is 5.69 Å². The molecule has 0 atom stereocenters. The molecule has 0 spiro atoms. The van der Waals surface area contributed by atoms with Crippen LogP contribution in [0.25, 0.3) is 0 Å². The highest BCUT2D eigenvalue weighted by Gasteiger charge is 2.30. The zero-order valence-corrected chi connectivity index (χ0v) is 16.5. The summed E-state index contributed by atoms with van der Waals surface area (Å²) in [6.45, 7) is 6.99. The van der Waals surface area contributed by atoms with Gasteiger partial charge in [-0.15, -0.1) is 0 Å². The number of piperazine rings is 1. The summed E-state index contributed by atoms with van der Waals surface area (Å²) in [4.78, 5) is 29.7. The fourth-order valence-electron chi connectivity index (χ4n) is 3.83. The van der Waals surface area contributed by atoms with E-state index in [2.05, 4.69) is 14.6 Å². The van der Waals surface area contributed by atoms with E-state index in [-0.39, 0.29) is 29.2 Å². The number of nitrogen functional groups attached to an aromatic ring is 1. The predicted octanol–water partition coefficient (Wildman–Crippen LogP) is 1.95. The molecule has 2 aliphatic rings. The van der Waals surface area contributed by atoms with E-state index in [1.54, 1.807) is 0 Å². The Bertz CT molecular complexity index is 646. The van der Waals surface area contributed by atoms with Crippen molar-refractivity contribution in [2.24, 2.45) is 0 Å². The SMILES string of the molecule is CC(C)NC(=O)c1nsc(C(=O)N2CCN(C3CCCCC3)CC2)c1N. The number of nitrogens with two attached hydrogens (primary N) is 1. The number of nitrogens with one attached hydrogen (secondary N) is 1. The highest BCUT2D eigenvalue weighted by molar-refractivity contribution is 7.09. The highest BCUT2D eigenvalue weighted by Crippen LogP contribution is 2.26. The molecule has 0 radical (unpaired) electrons. The predicted molar refractivity (Wildman–Crippen MR) is 103 cm³/mol. The van der Waals surface area contributed by atoms with Crippen molar-refractivity contribution in [2.75, 3.05) is 31.9 Å². The number of hydrogen-bond acceptors (Lipinski definition) is 6. The lowest BCUT2D eigenvalue weighted by Crippen LogP contribution is -2.52. The molecular weight excluding hydrogens is 350 g/mol. The number of aromatic nitrogens is 1. The van der Waals surface area contributed by atoms with Crippen LogP contribution in [0.5, 0.6) is 0 Å².